The van der Waals surface area contributed by atoms with E-state index in [0.29, 0.717) is 13.1 Å². The number of likely N-dealkylation sites (tertiary alicyclic amines) is 1. The van der Waals surface area contributed by atoms with Crippen LogP contribution in [0.2, 0.25) is 0 Å². The molecule has 1 heterocycles. The lowest BCUT2D eigenvalue weighted by Crippen LogP contribution is -2.35. The van der Waals surface area contributed by atoms with Gasteiger partial charge in [0.15, 0.2) is 0 Å². The summed E-state index contributed by atoms with van der Waals surface area (Å²) in [4.78, 5) is 14.1. The van der Waals surface area contributed by atoms with E-state index in [1.807, 2.05) is 19.0 Å². The van der Waals surface area contributed by atoms with Gasteiger partial charge in [0.05, 0.1) is 0 Å². The van der Waals surface area contributed by atoms with Crippen molar-refractivity contribution in [1.29, 1.82) is 0 Å². The maximum atomic E-state index is 10.6. The number of hydrogen-bond donors (Lipinski definition) is 2. The summed E-state index contributed by atoms with van der Waals surface area (Å²) >= 11 is 0. The first kappa shape index (κ1) is 10.3. The average molecular weight is 187 g/mol. The number of carboxylic acid groups (broad SMARTS) is 1. The molecule has 0 spiro atoms. The van der Waals surface area contributed by atoms with Crippen LogP contribution in [0.15, 0.2) is 0 Å². The number of rotatable bonds is 2. The SMILES string of the molecule is CN(C)C[C@@H]1CN(C(=O)O)C[C@H]1N. The summed E-state index contributed by atoms with van der Waals surface area (Å²) in [7, 11) is 3.94. The highest BCUT2D eigenvalue weighted by atomic mass is 16.4. The maximum absolute atomic E-state index is 10.6. The quantitative estimate of drug-likeness (QED) is 0.610. The zero-order chi connectivity index (χ0) is 10.0. The first-order valence-electron chi connectivity index (χ1n) is 4.39. The third-order valence-corrected chi connectivity index (χ3v) is 2.36. The molecule has 2 atom stereocenters. The molecule has 0 aliphatic carbocycles. The van der Waals surface area contributed by atoms with Gasteiger partial charge in [-0.15, -0.1) is 0 Å². The Morgan fingerprint density at radius 3 is 2.62 bits per heavy atom. The van der Waals surface area contributed by atoms with Gasteiger partial charge >= 0.3 is 6.09 Å². The molecule has 0 saturated carbocycles. The van der Waals surface area contributed by atoms with E-state index in [1.54, 1.807) is 0 Å². The van der Waals surface area contributed by atoms with Crippen LogP contribution in [-0.4, -0.2) is 60.8 Å². The molecule has 0 aromatic heterocycles. The van der Waals surface area contributed by atoms with Crippen molar-refractivity contribution in [3.63, 3.8) is 0 Å². The van der Waals surface area contributed by atoms with Crippen LogP contribution in [0.5, 0.6) is 0 Å². The Bertz CT molecular complexity index is 196. The van der Waals surface area contributed by atoms with Crippen LogP contribution in [0.3, 0.4) is 0 Å². The van der Waals surface area contributed by atoms with Gasteiger partial charge in [0.1, 0.15) is 0 Å². The molecule has 1 saturated heterocycles. The fourth-order valence-corrected chi connectivity index (χ4v) is 1.71. The van der Waals surface area contributed by atoms with E-state index in [9.17, 15) is 4.79 Å². The molecule has 3 N–H and O–H groups in total. The Morgan fingerprint density at radius 2 is 2.23 bits per heavy atom. The van der Waals surface area contributed by atoms with Crippen molar-refractivity contribution in [2.24, 2.45) is 11.7 Å². The number of amides is 1. The van der Waals surface area contributed by atoms with E-state index in [0.717, 1.165) is 6.54 Å². The minimum absolute atomic E-state index is 0.0153. The van der Waals surface area contributed by atoms with Gasteiger partial charge in [-0.3, -0.25) is 0 Å². The zero-order valence-corrected chi connectivity index (χ0v) is 8.10. The third kappa shape index (κ3) is 2.57. The molecule has 0 bridgehead atoms. The Balaban J connectivity index is 2.46. The number of hydrogen-bond acceptors (Lipinski definition) is 3. The second-order valence-corrected chi connectivity index (χ2v) is 3.87. The molecule has 0 unspecified atom stereocenters. The predicted octanol–water partition coefficient (Wildman–Crippen LogP) is -0.515. The lowest BCUT2D eigenvalue weighted by Gasteiger charge is -2.18. The number of carbonyl (C=O) groups is 1. The lowest BCUT2D eigenvalue weighted by atomic mass is 10.0. The van der Waals surface area contributed by atoms with E-state index in [-0.39, 0.29) is 12.0 Å². The Kier molecular flexibility index (Phi) is 3.11. The molecule has 1 fully saturated rings. The minimum Gasteiger partial charge on any atom is -0.465 e. The molecule has 1 aliphatic rings. The van der Waals surface area contributed by atoms with Crippen LogP contribution in [0.4, 0.5) is 4.79 Å². The highest BCUT2D eigenvalue weighted by molar-refractivity contribution is 5.65. The van der Waals surface area contributed by atoms with Gasteiger partial charge in [-0.25, -0.2) is 4.79 Å². The zero-order valence-electron chi connectivity index (χ0n) is 8.10. The number of nitrogens with two attached hydrogens (primary N) is 1. The summed E-state index contributed by atoms with van der Waals surface area (Å²) < 4.78 is 0. The van der Waals surface area contributed by atoms with Crippen molar-refractivity contribution in [3.05, 3.63) is 0 Å². The molecule has 1 aliphatic heterocycles. The lowest BCUT2D eigenvalue weighted by molar-refractivity contribution is 0.153. The average Bonchev–Trinajstić information content (AvgIpc) is 2.31. The van der Waals surface area contributed by atoms with Crippen molar-refractivity contribution in [3.8, 4) is 0 Å². The second-order valence-electron chi connectivity index (χ2n) is 3.87. The van der Waals surface area contributed by atoms with Crippen molar-refractivity contribution in [1.82, 2.24) is 9.80 Å². The molecular formula is C8H17N3O2. The van der Waals surface area contributed by atoms with Crippen LogP contribution in [0.1, 0.15) is 0 Å². The van der Waals surface area contributed by atoms with E-state index in [1.165, 1.54) is 4.90 Å². The maximum Gasteiger partial charge on any atom is 0.407 e. The molecular weight excluding hydrogens is 170 g/mol. The summed E-state index contributed by atoms with van der Waals surface area (Å²) in [6.07, 6.45) is -0.864. The molecule has 13 heavy (non-hydrogen) atoms. The molecule has 0 radical (unpaired) electrons. The first-order chi connectivity index (χ1) is 6.00. The smallest absolute Gasteiger partial charge is 0.407 e. The predicted molar refractivity (Wildman–Crippen MR) is 49.6 cm³/mol. The van der Waals surface area contributed by atoms with Crippen LogP contribution in [0, 0.1) is 5.92 Å². The minimum atomic E-state index is -0.864. The monoisotopic (exact) mass is 187 g/mol. The molecule has 0 aromatic rings. The van der Waals surface area contributed by atoms with Gasteiger partial charge in [-0.2, -0.15) is 0 Å². The summed E-state index contributed by atoms with van der Waals surface area (Å²) in [5, 5.41) is 8.74. The van der Waals surface area contributed by atoms with Gasteiger partial charge in [0.2, 0.25) is 0 Å². The standard InChI is InChI=1S/C8H17N3O2/c1-10(2)3-6-4-11(8(12)13)5-7(6)9/h6-7H,3-5,9H2,1-2H3,(H,12,13)/t6-,7-/m1/s1. The second kappa shape index (κ2) is 3.93. The van der Waals surface area contributed by atoms with Crippen LogP contribution >= 0.6 is 0 Å². The third-order valence-electron chi connectivity index (χ3n) is 2.36. The van der Waals surface area contributed by atoms with Crippen molar-refractivity contribution in [2.75, 3.05) is 33.7 Å². The van der Waals surface area contributed by atoms with Crippen LogP contribution < -0.4 is 5.73 Å². The Labute approximate surface area is 78.1 Å². The molecule has 0 aromatic carbocycles. The molecule has 5 nitrogen and oxygen atoms in total. The molecule has 76 valence electrons. The van der Waals surface area contributed by atoms with Crippen LogP contribution in [-0.2, 0) is 0 Å². The van der Waals surface area contributed by atoms with E-state index >= 15 is 0 Å². The van der Waals surface area contributed by atoms with Crippen molar-refractivity contribution < 1.29 is 9.90 Å². The molecule has 1 amide bonds. The fourth-order valence-electron chi connectivity index (χ4n) is 1.71. The van der Waals surface area contributed by atoms with Gasteiger partial charge in [0.25, 0.3) is 0 Å². The summed E-state index contributed by atoms with van der Waals surface area (Å²) in [5.41, 5.74) is 5.82. The van der Waals surface area contributed by atoms with Gasteiger partial charge in [-0.1, -0.05) is 0 Å². The largest absolute Gasteiger partial charge is 0.465 e. The Hall–Kier alpha value is -0.810. The van der Waals surface area contributed by atoms with Crippen LogP contribution in [0.25, 0.3) is 0 Å². The van der Waals surface area contributed by atoms with Crippen molar-refractivity contribution >= 4 is 6.09 Å². The first-order valence-corrected chi connectivity index (χ1v) is 4.39. The summed E-state index contributed by atoms with van der Waals surface area (Å²) in [6.45, 7) is 1.88. The summed E-state index contributed by atoms with van der Waals surface area (Å²) in [5.74, 6) is 0.270. The summed E-state index contributed by atoms with van der Waals surface area (Å²) in [6, 6.07) is -0.0153. The van der Waals surface area contributed by atoms with Gasteiger partial charge in [-0.05, 0) is 14.1 Å². The van der Waals surface area contributed by atoms with Gasteiger partial charge in [0, 0.05) is 31.6 Å². The topological polar surface area (TPSA) is 69.8 Å². The van der Waals surface area contributed by atoms with E-state index in [4.69, 9.17) is 10.8 Å². The Morgan fingerprint density at radius 1 is 1.62 bits per heavy atom. The highest BCUT2D eigenvalue weighted by Crippen LogP contribution is 2.15. The van der Waals surface area contributed by atoms with Gasteiger partial charge < -0.3 is 20.6 Å². The van der Waals surface area contributed by atoms with Crippen molar-refractivity contribution in [2.45, 2.75) is 6.04 Å². The normalized spacial score (nSPS) is 28.5. The van der Waals surface area contributed by atoms with E-state index in [2.05, 4.69) is 0 Å². The number of nitrogens with zero attached hydrogens (tertiary/aromatic N) is 2. The molecule has 1 rings (SSSR count). The molecule has 5 heteroatoms. The highest BCUT2D eigenvalue weighted by Gasteiger charge is 2.32. The fraction of sp³-hybridized carbons (Fsp3) is 0.875. The van der Waals surface area contributed by atoms with E-state index < -0.39 is 6.09 Å².